The number of carbonyl (C=O) groups excluding carboxylic acids is 2. The Morgan fingerprint density at radius 1 is 0.848 bits per heavy atom. The summed E-state index contributed by atoms with van der Waals surface area (Å²) in [6, 6.07) is 19.0. The molecule has 5 nitrogen and oxygen atoms in total. The van der Waals surface area contributed by atoms with Gasteiger partial charge < -0.3 is 4.84 Å². The first kappa shape index (κ1) is 19.6. The van der Waals surface area contributed by atoms with E-state index in [2.05, 4.69) is 5.16 Å². The summed E-state index contributed by atoms with van der Waals surface area (Å²) in [6.07, 6.45) is 0.587. The SMILES string of the molecule is O=C1[C@@H]2[C@H]3C[C@@H]([C@H]4ON=C(c5ccc(Cl)cc5Cl)[C@@H]34)[C@H]2C(=O)N1c1ccc2ccccc2c1. The van der Waals surface area contributed by atoms with Crippen molar-refractivity contribution in [2.75, 3.05) is 4.90 Å². The van der Waals surface area contributed by atoms with E-state index in [1.165, 1.54) is 4.90 Å². The van der Waals surface area contributed by atoms with Crippen LogP contribution in [0.4, 0.5) is 5.69 Å². The lowest BCUT2D eigenvalue weighted by Gasteiger charge is -2.30. The van der Waals surface area contributed by atoms with E-state index in [-0.39, 0.29) is 47.5 Å². The van der Waals surface area contributed by atoms with Crippen LogP contribution in [0.25, 0.3) is 10.8 Å². The van der Waals surface area contributed by atoms with Gasteiger partial charge in [0.2, 0.25) is 11.8 Å². The summed E-state index contributed by atoms with van der Waals surface area (Å²) in [6.45, 7) is 0. The zero-order chi connectivity index (χ0) is 22.4. The van der Waals surface area contributed by atoms with Crippen molar-refractivity contribution in [2.24, 2.45) is 34.7 Å². The van der Waals surface area contributed by atoms with Crippen molar-refractivity contribution >= 4 is 57.2 Å². The molecule has 0 spiro atoms. The Bertz CT molecular complexity index is 1400. The van der Waals surface area contributed by atoms with E-state index in [0.29, 0.717) is 15.7 Å². The van der Waals surface area contributed by atoms with Crippen molar-refractivity contribution in [1.82, 2.24) is 0 Å². The zero-order valence-electron chi connectivity index (χ0n) is 17.3. The first-order chi connectivity index (χ1) is 16.0. The smallest absolute Gasteiger partial charge is 0.238 e. The molecule has 0 radical (unpaired) electrons. The van der Waals surface area contributed by atoms with Crippen molar-refractivity contribution in [3.8, 4) is 0 Å². The summed E-state index contributed by atoms with van der Waals surface area (Å²) < 4.78 is 0. The van der Waals surface area contributed by atoms with E-state index in [9.17, 15) is 9.59 Å². The highest BCUT2D eigenvalue weighted by molar-refractivity contribution is 6.37. The number of hydrogen-bond donors (Lipinski definition) is 0. The van der Waals surface area contributed by atoms with Crippen molar-refractivity contribution in [3.05, 3.63) is 76.3 Å². The molecule has 1 saturated heterocycles. The standard InChI is InChI=1S/C26H18Cl2N2O3/c27-14-6-8-16(19(28)10-14)23-22-17-11-18(24(22)33-29-23)21-20(17)25(31)30(26(21)32)15-7-5-12-3-1-2-4-13(12)9-15/h1-10,17-18,20-22,24H,11H2/t17-,18-,20-,21-,22-,24-/m1/s1. The Hall–Kier alpha value is -2.89. The fraction of sp³-hybridized carbons (Fsp3) is 0.269. The van der Waals surface area contributed by atoms with E-state index >= 15 is 0 Å². The summed E-state index contributed by atoms with van der Waals surface area (Å²) >= 11 is 12.5. The molecule has 0 N–H and O–H groups in total. The van der Waals surface area contributed by atoms with Gasteiger partial charge >= 0.3 is 0 Å². The molecule has 2 aliphatic carbocycles. The van der Waals surface area contributed by atoms with Crippen molar-refractivity contribution in [3.63, 3.8) is 0 Å². The molecule has 164 valence electrons. The number of anilines is 1. The third-order valence-electron chi connectivity index (χ3n) is 7.89. The first-order valence-electron chi connectivity index (χ1n) is 11.1. The number of imide groups is 1. The molecule has 2 aliphatic heterocycles. The van der Waals surface area contributed by atoms with Gasteiger partial charge in [0.05, 0.1) is 28.3 Å². The fourth-order valence-corrected chi connectivity index (χ4v) is 7.12. The number of oxime groups is 1. The van der Waals surface area contributed by atoms with Gasteiger partial charge in [-0.2, -0.15) is 0 Å². The van der Waals surface area contributed by atoms with Crippen LogP contribution in [0.2, 0.25) is 10.0 Å². The van der Waals surface area contributed by atoms with Crippen LogP contribution < -0.4 is 4.90 Å². The normalized spacial score (nSPS) is 31.7. The molecule has 3 aromatic carbocycles. The monoisotopic (exact) mass is 476 g/mol. The number of benzene rings is 3. The van der Waals surface area contributed by atoms with Crippen molar-refractivity contribution in [2.45, 2.75) is 12.5 Å². The molecular formula is C26H18Cl2N2O3. The fourth-order valence-electron chi connectivity index (χ4n) is 6.62. The topological polar surface area (TPSA) is 59.0 Å². The highest BCUT2D eigenvalue weighted by Crippen LogP contribution is 2.62. The van der Waals surface area contributed by atoms with E-state index < -0.39 is 0 Å². The maximum atomic E-state index is 13.6. The van der Waals surface area contributed by atoms with Crippen LogP contribution in [0.3, 0.4) is 0 Å². The van der Waals surface area contributed by atoms with Crippen LogP contribution in [-0.2, 0) is 14.4 Å². The first-order valence-corrected chi connectivity index (χ1v) is 11.8. The van der Waals surface area contributed by atoms with Crippen LogP contribution in [0.15, 0.2) is 65.8 Å². The van der Waals surface area contributed by atoms with E-state index in [1.807, 2.05) is 48.5 Å². The molecule has 0 unspecified atom stereocenters. The molecule has 6 atom stereocenters. The second kappa shape index (κ2) is 6.81. The maximum absolute atomic E-state index is 13.6. The third-order valence-corrected chi connectivity index (χ3v) is 8.44. The average molecular weight is 477 g/mol. The molecular weight excluding hydrogens is 459 g/mol. The summed E-state index contributed by atoms with van der Waals surface area (Å²) in [5.74, 6) is -1.02. The molecule has 33 heavy (non-hydrogen) atoms. The molecule has 2 amide bonds. The predicted molar refractivity (Wildman–Crippen MR) is 126 cm³/mol. The maximum Gasteiger partial charge on any atom is 0.238 e. The summed E-state index contributed by atoms with van der Waals surface area (Å²) in [4.78, 5) is 34.4. The molecule has 4 aliphatic rings. The van der Waals surface area contributed by atoms with Gasteiger partial charge in [0.1, 0.15) is 6.10 Å². The third kappa shape index (κ3) is 2.58. The largest absolute Gasteiger partial charge is 0.391 e. The lowest BCUT2D eigenvalue weighted by Crippen LogP contribution is -2.41. The van der Waals surface area contributed by atoms with E-state index in [4.69, 9.17) is 28.0 Å². The number of carbonyl (C=O) groups is 2. The van der Waals surface area contributed by atoms with Crippen LogP contribution in [0.1, 0.15) is 12.0 Å². The molecule has 3 aromatic rings. The minimum Gasteiger partial charge on any atom is -0.391 e. The van der Waals surface area contributed by atoms with Gasteiger partial charge in [-0.1, -0.05) is 64.8 Å². The average Bonchev–Trinajstić information content (AvgIpc) is 3.54. The van der Waals surface area contributed by atoms with Gasteiger partial charge in [-0.25, -0.2) is 0 Å². The summed E-state index contributed by atoms with van der Waals surface area (Å²) in [7, 11) is 0. The summed E-state index contributed by atoms with van der Waals surface area (Å²) in [5.41, 5.74) is 2.18. The Morgan fingerprint density at radius 2 is 1.61 bits per heavy atom. The Kier molecular flexibility index (Phi) is 4.04. The Labute approximate surface area is 199 Å². The van der Waals surface area contributed by atoms with Gasteiger partial charge in [0.25, 0.3) is 0 Å². The minimum atomic E-state index is -0.356. The number of halogens is 2. The molecule has 2 heterocycles. The number of fused-ring (bicyclic) bond motifs is 9. The molecule has 0 aromatic heterocycles. The molecule has 3 fully saturated rings. The quantitative estimate of drug-likeness (QED) is 0.470. The van der Waals surface area contributed by atoms with Gasteiger partial charge in [0.15, 0.2) is 0 Å². The van der Waals surface area contributed by atoms with Crippen LogP contribution in [-0.4, -0.2) is 23.6 Å². The van der Waals surface area contributed by atoms with Gasteiger partial charge in [-0.3, -0.25) is 14.5 Å². The van der Waals surface area contributed by atoms with Crippen LogP contribution >= 0.6 is 23.2 Å². The molecule has 7 rings (SSSR count). The van der Waals surface area contributed by atoms with Crippen LogP contribution in [0, 0.1) is 29.6 Å². The molecule has 2 saturated carbocycles. The van der Waals surface area contributed by atoms with Gasteiger partial charge in [0, 0.05) is 22.4 Å². The highest BCUT2D eigenvalue weighted by atomic mass is 35.5. The number of hydrogen-bond acceptors (Lipinski definition) is 4. The van der Waals surface area contributed by atoms with E-state index in [0.717, 1.165) is 28.5 Å². The number of rotatable bonds is 2. The van der Waals surface area contributed by atoms with Crippen molar-refractivity contribution in [1.29, 1.82) is 0 Å². The van der Waals surface area contributed by atoms with Gasteiger partial charge in [-0.15, -0.1) is 0 Å². The second-order valence-corrected chi connectivity index (χ2v) is 10.2. The lowest BCUT2D eigenvalue weighted by molar-refractivity contribution is -0.125. The Morgan fingerprint density at radius 3 is 2.39 bits per heavy atom. The van der Waals surface area contributed by atoms with Crippen LogP contribution in [0.5, 0.6) is 0 Å². The minimum absolute atomic E-state index is 0.0000915. The number of amides is 2. The van der Waals surface area contributed by atoms with Gasteiger partial charge in [-0.05, 0) is 47.4 Å². The molecule has 7 heteroatoms. The van der Waals surface area contributed by atoms with E-state index in [1.54, 1.807) is 12.1 Å². The zero-order valence-corrected chi connectivity index (χ0v) is 18.8. The number of nitrogens with zero attached hydrogens (tertiary/aromatic N) is 2. The summed E-state index contributed by atoms with van der Waals surface area (Å²) in [5, 5.41) is 7.50. The lowest BCUT2D eigenvalue weighted by atomic mass is 9.71. The van der Waals surface area contributed by atoms with Crippen molar-refractivity contribution < 1.29 is 14.4 Å². The molecule has 2 bridgehead atoms. The Balaban J connectivity index is 1.25. The highest BCUT2D eigenvalue weighted by Gasteiger charge is 2.70. The second-order valence-electron chi connectivity index (χ2n) is 9.35. The predicted octanol–water partition coefficient (Wildman–Crippen LogP) is 5.32.